The highest BCUT2D eigenvalue weighted by Gasteiger charge is 2.08. The summed E-state index contributed by atoms with van der Waals surface area (Å²) in [6.45, 7) is 5.93. The van der Waals surface area contributed by atoms with Gasteiger partial charge in [0.2, 0.25) is 5.91 Å². The minimum absolute atomic E-state index is 0.0479. The van der Waals surface area contributed by atoms with Gasteiger partial charge in [0, 0.05) is 18.7 Å². The van der Waals surface area contributed by atoms with E-state index in [9.17, 15) is 4.79 Å². The average molecular weight is 293 g/mol. The quantitative estimate of drug-likeness (QED) is 0.749. The average Bonchev–Trinajstić information content (AvgIpc) is 2.36. The second-order valence-corrected chi connectivity index (χ2v) is 5.87. The van der Waals surface area contributed by atoms with Crippen molar-refractivity contribution in [2.24, 2.45) is 11.7 Å². The van der Waals surface area contributed by atoms with Gasteiger partial charge in [0.15, 0.2) is 0 Å². The van der Waals surface area contributed by atoms with Gasteiger partial charge in [-0.15, -0.1) is 0 Å². The molecule has 0 aliphatic heterocycles. The molecule has 0 saturated carbocycles. The minimum atomic E-state index is 0.0479. The normalized spacial score (nSPS) is 10.8. The number of nitrogens with one attached hydrogen (secondary N) is 1. The highest BCUT2D eigenvalue weighted by atomic mass is 32.1. The number of nitrogens with zero attached hydrogens (tertiary/aromatic N) is 1. The Bertz CT molecular complexity index is 474. The maximum absolute atomic E-state index is 11.7. The molecule has 110 valence electrons. The van der Waals surface area contributed by atoms with Gasteiger partial charge in [-0.3, -0.25) is 9.69 Å². The van der Waals surface area contributed by atoms with Crippen LogP contribution in [0.4, 0.5) is 0 Å². The molecule has 1 amide bonds. The Morgan fingerprint density at radius 3 is 2.75 bits per heavy atom. The van der Waals surface area contributed by atoms with Crippen LogP contribution < -0.4 is 11.1 Å². The van der Waals surface area contributed by atoms with Crippen LogP contribution in [0.15, 0.2) is 24.3 Å². The molecule has 0 saturated heterocycles. The van der Waals surface area contributed by atoms with Gasteiger partial charge in [0.1, 0.15) is 4.99 Å². The maximum atomic E-state index is 11.7. The summed E-state index contributed by atoms with van der Waals surface area (Å²) in [4.78, 5) is 14.1. The summed E-state index contributed by atoms with van der Waals surface area (Å²) in [6, 6.07) is 7.78. The van der Waals surface area contributed by atoms with Crippen LogP contribution >= 0.6 is 12.2 Å². The number of amides is 1. The Balaban J connectivity index is 2.49. The summed E-state index contributed by atoms with van der Waals surface area (Å²) in [7, 11) is 1.92. The number of carbonyl (C=O) groups is 1. The van der Waals surface area contributed by atoms with Crippen molar-refractivity contribution >= 4 is 23.1 Å². The molecule has 1 rings (SSSR count). The molecule has 0 radical (unpaired) electrons. The van der Waals surface area contributed by atoms with E-state index in [0.29, 0.717) is 30.5 Å². The topological polar surface area (TPSA) is 58.4 Å². The number of rotatable bonds is 7. The van der Waals surface area contributed by atoms with E-state index in [0.717, 1.165) is 11.1 Å². The van der Waals surface area contributed by atoms with Gasteiger partial charge in [-0.1, -0.05) is 44.3 Å². The third-order valence-corrected chi connectivity index (χ3v) is 3.02. The summed E-state index contributed by atoms with van der Waals surface area (Å²) in [6.07, 6.45) is 0. The number of benzene rings is 1. The van der Waals surface area contributed by atoms with Crippen LogP contribution in [-0.2, 0) is 11.3 Å². The predicted molar refractivity (Wildman–Crippen MR) is 86.5 cm³/mol. The lowest BCUT2D eigenvalue weighted by atomic mass is 10.1. The maximum Gasteiger partial charge on any atom is 0.234 e. The molecule has 4 nitrogen and oxygen atoms in total. The van der Waals surface area contributed by atoms with Gasteiger partial charge in [0.25, 0.3) is 0 Å². The molecule has 0 aliphatic rings. The number of nitrogens with two attached hydrogens (primary N) is 1. The Labute approximate surface area is 126 Å². The molecule has 0 heterocycles. The first-order chi connectivity index (χ1) is 9.38. The van der Waals surface area contributed by atoms with Crippen molar-refractivity contribution in [3.63, 3.8) is 0 Å². The van der Waals surface area contributed by atoms with Crippen LogP contribution in [0, 0.1) is 5.92 Å². The molecule has 0 spiro atoms. The van der Waals surface area contributed by atoms with Gasteiger partial charge >= 0.3 is 0 Å². The molecule has 0 aliphatic carbocycles. The van der Waals surface area contributed by atoms with Crippen molar-refractivity contribution in [2.75, 3.05) is 20.1 Å². The van der Waals surface area contributed by atoms with Crippen molar-refractivity contribution in [1.82, 2.24) is 10.2 Å². The molecule has 1 aromatic carbocycles. The molecule has 3 N–H and O–H groups in total. The minimum Gasteiger partial charge on any atom is -0.389 e. The van der Waals surface area contributed by atoms with Gasteiger partial charge in [-0.25, -0.2) is 0 Å². The fourth-order valence-corrected chi connectivity index (χ4v) is 1.94. The van der Waals surface area contributed by atoms with Crippen LogP contribution in [-0.4, -0.2) is 35.9 Å². The third-order valence-electron chi connectivity index (χ3n) is 2.78. The smallest absolute Gasteiger partial charge is 0.234 e. The molecule has 0 unspecified atom stereocenters. The van der Waals surface area contributed by atoms with E-state index in [1.54, 1.807) is 0 Å². The summed E-state index contributed by atoms with van der Waals surface area (Å²) < 4.78 is 0. The first-order valence-electron chi connectivity index (χ1n) is 6.72. The number of hydrogen-bond donors (Lipinski definition) is 2. The highest BCUT2D eigenvalue weighted by Crippen LogP contribution is 2.07. The predicted octanol–water partition coefficient (Wildman–Crippen LogP) is 1.52. The highest BCUT2D eigenvalue weighted by molar-refractivity contribution is 7.80. The van der Waals surface area contributed by atoms with Crippen molar-refractivity contribution in [1.29, 1.82) is 0 Å². The molecule has 1 aromatic rings. The zero-order chi connectivity index (χ0) is 15.1. The number of hydrogen-bond acceptors (Lipinski definition) is 3. The fourth-order valence-electron chi connectivity index (χ4n) is 1.81. The van der Waals surface area contributed by atoms with E-state index >= 15 is 0 Å². The van der Waals surface area contributed by atoms with Crippen LogP contribution in [0.2, 0.25) is 0 Å². The van der Waals surface area contributed by atoms with E-state index in [4.69, 9.17) is 18.0 Å². The van der Waals surface area contributed by atoms with Crippen molar-refractivity contribution in [2.45, 2.75) is 20.4 Å². The van der Waals surface area contributed by atoms with E-state index in [-0.39, 0.29) is 5.91 Å². The largest absolute Gasteiger partial charge is 0.389 e. The Kier molecular flexibility index (Phi) is 6.61. The molecule has 20 heavy (non-hydrogen) atoms. The van der Waals surface area contributed by atoms with Gasteiger partial charge < -0.3 is 11.1 Å². The van der Waals surface area contributed by atoms with Gasteiger partial charge in [-0.2, -0.15) is 0 Å². The van der Waals surface area contributed by atoms with E-state index < -0.39 is 0 Å². The second-order valence-electron chi connectivity index (χ2n) is 5.43. The number of likely N-dealkylation sites (N-methyl/N-ethyl adjacent to an activating group) is 1. The molecule has 0 aromatic heterocycles. The van der Waals surface area contributed by atoms with Crippen LogP contribution in [0.25, 0.3) is 0 Å². The standard InChI is InChI=1S/C15H23N3OS/c1-11(2)8-17-14(19)10-18(3)9-12-5-4-6-13(7-12)15(16)20/h4-7,11H,8-10H2,1-3H3,(H2,16,20)(H,17,19). The van der Waals surface area contributed by atoms with Crippen LogP contribution in [0.1, 0.15) is 25.0 Å². The Morgan fingerprint density at radius 1 is 1.45 bits per heavy atom. The lowest BCUT2D eigenvalue weighted by Crippen LogP contribution is -2.36. The summed E-state index contributed by atoms with van der Waals surface area (Å²) in [5.74, 6) is 0.512. The zero-order valence-electron chi connectivity index (χ0n) is 12.3. The molecular formula is C15H23N3OS. The fraction of sp³-hybridized carbons (Fsp3) is 0.467. The lowest BCUT2D eigenvalue weighted by molar-refractivity contribution is -0.122. The molecule has 5 heteroatoms. The summed E-state index contributed by atoms with van der Waals surface area (Å²) in [5.41, 5.74) is 7.56. The first-order valence-corrected chi connectivity index (χ1v) is 7.13. The molecule has 0 fully saturated rings. The third kappa shape index (κ3) is 6.12. The molecule has 0 bridgehead atoms. The first kappa shape index (κ1) is 16.6. The number of carbonyl (C=O) groups excluding carboxylic acids is 1. The summed E-state index contributed by atoms with van der Waals surface area (Å²) in [5, 5.41) is 2.91. The SMILES string of the molecule is CC(C)CNC(=O)CN(C)Cc1cccc(C(N)=S)c1. The monoisotopic (exact) mass is 293 g/mol. The lowest BCUT2D eigenvalue weighted by Gasteiger charge is -2.17. The Morgan fingerprint density at radius 2 is 2.15 bits per heavy atom. The van der Waals surface area contributed by atoms with Crippen LogP contribution in [0.3, 0.4) is 0 Å². The number of thiocarbonyl (C=S) groups is 1. The van der Waals surface area contributed by atoms with Crippen molar-refractivity contribution in [3.05, 3.63) is 35.4 Å². The second kappa shape index (κ2) is 7.97. The van der Waals surface area contributed by atoms with Gasteiger partial charge in [-0.05, 0) is 24.6 Å². The van der Waals surface area contributed by atoms with Crippen LogP contribution in [0.5, 0.6) is 0 Å². The van der Waals surface area contributed by atoms with E-state index in [1.807, 2.05) is 36.2 Å². The van der Waals surface area contributed by atoms with Crippen molar-refractivity contribution in [3.8, 4) is 0 Å². The zero-order valence-corrected chi connectivity index (χ0v) is 13.2. The van der Waals surface area contributed by atoms with E-state index in [1.165, 1.54) is 0 Å². The summed E-state index contributed by atoms with van der Waals surface area (Å²) >= 11 is 4.96. The van der Waals surface area contributed by atoms with E-state index in [2.05, 4.69) is 19.2 Å². The van der Waals surface area contributed by atoms with Gasteiger partial charge in [0.05, 0.1) is 6.54 Å². The Hall–Kier alpha value is -1.46. The van der Waals surface area contributed by atoms with Crippen molar-refractivity contribution < 1.29 is 4.79 Å². The molecule has 0 atom stereocenters. The molecular weight excluding hydrogens is 270 g/mol.